The topological polar surface area (TPSA) is 106 Å². The van der Waals surface area contributed by atoms with Crippen LogP contribution in [0.4, 0.5) is 11.4 Å². The van der Waals surface area contributed by atoms with Crippen LogP contribution in [0.25, 0.3) is 11.3 Å². The van der Waals surface area contributed by atoms with Gasteiger partial charge < -0.3 is 29.4 Å². The number of thiocarbonyl (C=S) groups is 1. The second-order valence-electron chi connectivity index (χ2n) is 8.92. The number of carbonyl (C=O) groups is 2. The Hall–Kier alpha value is -4.25. The SMILES string of the molecule is COCC(=O)Nc1ccc(N2C(=S)NC(c3ccccn3)C2c2ccc(-c3cccc(C(=O)OC)c3)o2)cc1Cl. The van der Waals surface area contributed by atoms with Crippen molar-refractivity contribution in [3.8, 4) is 11.3 Å². The van der Waals surface area contributed by atoms with Crippen LogP contribution in [0.5, 0.6) is 0 Å². The average molecular weight is 577 g/mol. The number of nitrogens with one attached hydrogen (secondary N) is 2. The summed E-state index contributed by atoms with van der Waals surface area (Å²) in [7, 11) is 2.79. The van der Waals surface area contributed by atoms with Crippen LogP contribution >= 0.6 is 23.8 Å². The highest BCUT2D eigenvalue weighted by Crippen LogP contribution is 2.44. The molecule has 2 N–H and O–H groups in total. The summed E-state index contributed by atoms with van der Waals surface area (Å²) in [6.07, 6.45) is 1.72. The number of nitrogens with zero attached hydrogens (tertiary/aromatic N) is 2. The van der Waals surface area contributed by atoms with Crippen LogP contribution in [-0.2, 0) is 14.3 Å². The van der Waals surface area contributed by atoms with Crippen molar-refractivity contribution in [3.05, 3.63) is 101 Å². The van der Waals surface area contributed by atoms with Gasteiger partial charge in [-0.15, -0.1) is 0 Å². The van der Waals surface area contributed by atoms with Gasteiger partial charge in [0.25, 0.3) is 0 Å². The molecular formula is C29H25ClN4O5S. The van der Waals surface area contributed by atoms with E-state index in [9.17, 15) is 9.59 Å². The first kappa shape index (κ1) is 27.3. The molecule has 204 valence electrons. The minimum atomic E-state index is -0.431. The van der Waals surface area contributed by atoms with Crippen LogP contribution in [0.2, 0.25) is 5.02 Å². The summed E-state index contributed by atoms with van der Waals surface area (Å²) in [5, 5.41) is 6.90. The number of halogens is 1. The molecule has 2 atom stereocenters. The Labute approximate surface area is 241 Å². The third-order valence-corrected chi connectivity index (χ3v) is 6.99. The smallest absolute Gasteiger partial charge is 0.337 e. The number of rotatable bonds is 8. The average Bonchev–Trinajstić information content (AvgIpc) is 3.59. The number of hydrogen-bond acceptors (Lipinski definition) is 7. The van der Waals surface area contributed by atoms with Gasteiger partial charge in [-0.25, -0.2) is 4.79 Å². The van der Waals surface area contributed by atoms with E-state index in [-0.39, 0.29) is 18.6 Å². The molecule has 3 heterocycles. The quantitative estimate of drug-likeness (QED) is 0.206. The maximum atomic E-state index is 12.1. The lowest BCUT2D eigenvalue weighted by atomic mass is 10.0. The van der Waals surface area contributed by atoms with E-state index < -0.39 is 12.0 Å². The zero-order valence-corrected chi connectivity index (χ0v) is 23.2. The number of amides is 1. The van der Waals surface area contributed by atoms with Gasteiger partial charge in [0.05, 0.1) is 35.1 Å². The molecular weight excluding hydrogens is 552 g/mol. The van der Waals surface area contributed by atoms with E-state index in [4.69, 9.17) is 37.7 Å². The van der Waals surface area contributed by atoms with Gasteiger partial charge in [-0.05, 0) is 66.8 Å². The number of hydrogen-bond donors (Lipinski definition) is 2. The van der Waals surface area contributed by atoms with E-state index in [0.717, 1.165) is 11.3 Å². The molecule has 0 aliphatic carbocycles. The zero-order chi connectivity index (χ0) is 28.2. The predicted octanol–water partition coefficient (Wildman–Crippen LogP) is 5.54. The standard InChI is InChI=1S/C29H25ClN4O5S/c1-37-16-25(35)32-21-10-9-19(15-20(21)30)34-27(26(33-29(34)40)22-8-3-4-13-31-22)24-12-11-23(39-24)17-6-5-7-18(14-17)28(36)38-2/h3-15,26-27H,16H2,1-2H3,(H,32,35)(H,33,40). The molecule has 1 amide bonds. The first-order valence-electron chi connectivity index (χ1n) is 12.3. The van der Waals surface area contributed by atoms with E-state index in [0.29, 0.717) is 38.6 Å². The van der Waals surface area contributed by atoms with Crippen molar-refractivity contribution in [1.82, 2.24) is 10.3 Å². The summed E-state index contributed by atoms with van der Waals surface area (Å²) >= 11 is 12.3. The number of esters is 1. The molecule has 2 unspecified atom stereocenters. The van der Waals surface area contributed by atoms with Gasteiger partial charge in [0.1, 0.15) is 24.2 Å². The molecule has 2 aromatic heterocycles. The van der Waals surface area contributed by atoms with Gasteiger partial charge in [-0.1, -0.05) is 29.8 Å². The third-order valence-electron chi connectivity index (χ3n) is 6.36. The summed E-state index contributed by atoms with van der Waals surface area (Å²) in [5.74, 6) is 0.449. The van der Waals surface area contributed by atoms with Crippen molar-refractivity contribution >= 4 is 52.2 Å². The minimum absolute atomic E-state index is 0.0879. The van der Waals surface area contributed by atoms with Crippen LogP contribution in [0.15, 0.2) is 83.4 Å². The number of furan rings is 1. The first-order valence-corrected chi connectivity index (χ1v) is 13.1. The molecule has 4 aromatic rings. The molecule has 2 aromatic carbocycles. The molecule has 1 aliphatic heterocycles. The summed E-state index contributed by atoms with van der Waals surface area (Å²) in [5.41, 5.74) is 3.07. The van der Waals surface area contributed by atoms with E-state index in [1.165, 1.54) is 14.2 Å². The van der Waals surface area contributed by atoms with Crippen molar-refractivity contribution in [2.45, 2.75) is 12.1 Å². The molecule has 1 saturated heterocycles. The van der Waals surface area contributed by atoms with Gasteiger partial charge in [0.2, 0.25) is 5.91 Å². The molecule has 0 bridgehead atoms. The van der Waals surface area contributed by atoms with E-state index >= 15 is 0 Å². The number of aromatic nitrogens is 1. The van der Waals surface area contributed by atoms with Crippen molar-refractivity contribution in [2.75, 3.05) is 31.0 Å². The molecule has 1 fully saturated rings. The highest BCUT2D eigenvalue weighted by atomic mass is 35.5. The van der Waals surface area contributed by atoms with Crippen LogP contribution in [0.3, 0.4) is 0 Å². The molecule has 1 aliphatic rings. The summed E-state index contributed by atoms with van der Waals surface area (Å²) in [6.45, 7) is -0.0879. The van der Waals surface area contributed by atoms with Gasteiger partial charge in [-0.3, -0.25) is 9.78 Å². The Bertz CT molecular complexity index is 1560. The molecule has 0 spiro atoms. The maximum absolute atomic E-state index is 12.1. The van der Waals surface area contributed by atoms with Gasteiger partial charge in [0.15, 0.2) is 5.11 Å². The lowest BCUT2D eigenvalue weighted by Crippen LogP contribution is -2.29. The Morgan fingerprint density at radius 1 is 1.10 bits per heavy atom. The Morgan fingerprint density at radius 2 is 1.95 bits per heavy atom. The molecule has 0 radical (unpaired) electrons. The predicted molar refractivity (Wildman–Crippen MR) is 155 cm³/mol. The fourth-order valence-corrected chi connectivity index (χ4v) is 5.15. The van der Waals surface area contributed by atoms with Crippen molar-refractivity contribution in [2.24, 2.45) is 0 Å². The maximum Gasteiger partial charge on any atom is 0.337 e. The molecule has 0 saturated carbocycles. The summed E-state index contributed by atoms with van der Waals surface area (Å²) < 4.78 is 16.1. The van der Waals surface area contributed by atoms with Gasteiger partial charge >= 0.3 is 5.97 Å². The minimum Gasteiger partial charge on any atom is -0.465 e. The lowest BCUT2D eigenvalue weighted by molar-refractivity contribution is -0.119. The monoisotopic (exact) mass is 576 g/mol. The Kier molecular flexibility index (Phi) is 8.11. The van der Waals surface area contributed by atoms with Gasteiger partial charge in [0, 0.05) is 24.6 Å². The Balaban J connectivity index is 1.53. The van der Waals surface area contributed by atoms with E-state index in [2.05, 4.69) is 15.6 Å². The molecule has 9 nitrogen and oxygen atoms in total. The molecule has 11 heteroatoms. The van der Waals surface area contributed by atoms with E-state index in [1.807, 2.05) is 47.4 Å². The first-order chi connectivity index (χ1) is 19.4. The number of ether oxygens (including phenoxy) is 2. The number of anilines is 2. The lowest BCUT2D eigenvalue weighted by Gasteiger charge is -2.26. The third kappa shape index (κ3) is 5.55. The largest absolute Gasteiger partial charge is 0.465 e. The molecule has 5 rings (SSSR count). The summed E-state index contributed by atoms with van der Waals surface area (Å²) in [6, 6.07) is 20.9. The fraction of sp³-hybridized carbons (Fsp3) is 0.172. The number of carbonyl (C=O) groups excluding carboxylic acids is 2. The highest BCUT2D eigenvalue weighted by Gasteiger charge is 2.42. The normalized spacial score (nSPS) is 16.5. The van der Waals surface area contributed by atoms with Crippen LogP contribution in [-0.4, -0.2) is 42.8 Å². The number of methoxy groups -OCH3 is 2. The number of benzene rings is 2. The number of pyridine rings is 1. The van der Waals surface area contributed by atoms with E-state index in [1.54, 1.807) is 36.5 Å². The second kappa shape index (κ2) is 11.9. The Morgan fingerprint density at radius 3 is 2.67 bits per heavy atom. The zero-order valence-electron chi connectivity index (χ0n) is 21.6. The molecule has 40 heavy (non-hydrogen) atoms. The highest BCUT2D eigenvalue weighted by molar-refractivity contribution is 7.80. The van der Waals surface area contributed by atoms with Crippen molar-refractivity contribution in [1.29, 1.82) is 0 Å². The fourth-order valence-electron chi connectivity index (χ4n) is 4.58. The van der Waals surface area contributed by atoms with Crippen LogP contribution in [0, 0.1) is 0 Å². The van der Waals surface area contributed by atoms with Crippen LogP contribution < -0.4 is 15.5 Å². The summed E-state index contributed by atoms with van der Waals surface area (Å²) in [4.78, 5) is 30.5. The van der Waals surface area contributed by atoms with Gasteiger partial charge in [-0.2, -0.15) is 0 Å². The van der Waals surface area contributed by atoms with Crippen molar-refractivity contribution in [3.63, 3.8) is 0 Å². The van der Waals surface area contributed by atoms with Crippen molar-refractivity contribution < 1.29 is 23.5 Å². The second-order valence-corrected chi connectivity index (χ2v) is 9.71. The van der Waals surface area contributed by atoms with Crippen LogP contribution in [0.1, 0.15) is 33.9 Å².